The summed E-state index contributed by atoms with van der Waals surface area (Å²) in [5.41, 5.74) is 5.29. The molecule has 0 aliphatic rings. The quantitative estimate of drug-likeness (QED) is 0.263. The predicted molar refractivity (Wildman–Crippen MR) is 72.8 cm³/mol. The average Bonchev–Trinajstić information content (AvgIpc) is 2.24. The molecule has 0 bridgehead atoms. The Kier molecular flexibility index (Phi) is 7.38. The SMILES string of the molecule is CC(CCS(C)=O)NCCC(C)(C)C(N)=NO. The Balaban J connectivity index is 3.87. The Morgan fingerprint density at radius 3 is 2.65 bits per heavy atom. The fourth-order valence-electron chi connectivity index (χ4n) is 1.34. The van der Waals surface area contributed by atoms with Gasteiger partial charge in [0.2, 0.25) is 0 Å². The third kappa shape index (κ3) is 7.33. The molecule has 6 heteroatoms. The molecule has 17 heavy (non-hydrogen) atoms. The average molecular weight is 263 g/mol. The number of nitrogens with one attached hydrogen (secondary N) is 1. The number of amidine groups is 1. The third-order valence-corrected chi connectivity index (χ3v) is 3.69. The van der Waals surface area contributed by atoms with E-state index in [1.54, 1.807) is 6.26 Å². The van der Waals surface area contributed by atoms with Crippen LogP contribution in [0.1, 0.15) is 33.6 Å². The first-order chi connectivity index (χ1) is 7.79. The van der Waals surface area contributed by atoms with Gasteiger partial charge in [-0.3, -0.25) is 4.21 Å². The van der Waals surface area contributed by atoms with E-state index in [2.05, 4.69) is 17.4 Å². The van der Waals surface area contributed by atoms with Gasteiger partial charge in [0.15, 0.2) is 0 Å². The van der Waals surface area contributed by atoms with E-state index in [1.807, 2.05) is 13.8 Å². The first kappa shape index (κ1) is 16.4. The van der Waals surface area contributed by atoms with Crippen molar-refractivity contribution in [2.45, 2.75) is 39.7 Å². The minimum absolute atomic E-state index is 0.251. The summed E-state index contributed by atoms with van der Waals surface area (Å²) in [6, 6.07) is 0.335. The van der Waals surface area contributed by atoms with Crippen LogP contribution in [-0.2, 0) is 10.8 Å². The molecule has 0 aliphatic heterocycles. The van der Waals surface area contributed by atoms with E-state index >= 15 is 0 Å². The monoisotopic (exact) mass is 263 g/mol. The Morgan fingerprint density at radius 2 is 2.18 bits per heavy atom. The molecule has 0 fully saturated rings. The Bertz CT molecular complexity index is 280. The van der Waals surface area contributed by atoms with Crippen molar-refractivity contribution in [2.24, 2.45) is 16.3 Å². The zero-order chi connectivity index (χ0) is 13.5. The van der Waals surface area contributed by atoms with E-state index < -0.39 is 10.8 Å². The smallest absolute Gasteiger partial charge is 0.144 e. The van der Waals surface area contributed by atoms with Crippen LogP contribution in [-0.4, -0.2) is 39.8 Å². The van der Waals surface area contributed by atoms with E-state index in [0.717, 1.165) is 25.1 Å². The molecule has 0 radical (unpaired) electrons. The van der Waals surface area contributed by atoms with Crippen molar-refractivity contribution in [3.8, 4) is 0 Å². The van der Waals surface area contributed by atoms with Crippen molar-refractivity contribution in [2.75, 3.05) is 18.6 Å². The van der Waals surface area contributed by atoms with Crippen LogP contribution in [0.4, 0.5) is 0 Å². The van der Waals surface area contributed by atoms with Gasteiger partial charge in [0.05, 0.1) is 0 Å². The van der Waals surface area contributed by atoms with E-state index in [9.17, 15) is 4.21 Å². The first-order valence-corrected chi connectivity index (χ1v) is 7.53. The molecule has 0 spiro atoms. The lowest BCUT2D eigenvalue weighted by atomic mass is 9.88. The molecule has 102 valence electrons. The summed E-state index contributed by atoms with van der Waals surface area (Å²) < 4.78 is 10.9. The van der Waals surface area contributed by atoms with Crippen LogP contribution < -0.4 is 11.1 Å². The normalized spacial score (nSPS) is 16.8. The minimum atomic E-state index is -0.730. The lowest BCUT2D eigenvalue weighted by molar-refractivity contribution is 0.304. The van der Waals surface area contributed by atoms with Crippen molar-refractivity contribution in [3.05, 3.63) is 0 Å². The number of hydrogen-bond acceptors (Lipinski definition) is 4. The summed E-state index contributed by atoms with van der Waals surface area (Å²) in [7, 11) is -0.730. The van der Waals surface area contributed by atoms with Gasteiger partial charge in [-0.1, -0.05) is 19.0 Å². The van der Waals surface area contributed by atoms with Gasteiger partial charge >= 0.3 is 0 Å². The zero-order valence-corrected chi connectivity index (χ0v) is 12.0. The van der Waals surface area contributed by atoms with Crippen molar-refractivity contribution in [3.63, 3.8) is 0 Å². The first-order valence-electron chi connectivity index (χ1n) is 5.81. The van der Waals surface area contributed by atoms with E-state index in [1.165, 1.54) is 0 Å². The van der Waals surface area contributed by atoms with E-state index in [-0.39, 0.29) is 11.3 Å². The highest BCUT2D eigenvalue weighted by Gasteiger charge is 2.23. The summed E-state index contributed by atoms with van der Waals surface area (Å²) >= 11 is 0. The molecule has 0 saturated carbocycles. The second-order valence-corrected chi connectivity index (χ2v) is 6.59. The number of oxime groups is 1. The van der Waals surface area contributed by atoms with E-state index in [0.29, 0.717) is 6.04 Å². The van der Waals surface area contributed by atoms with Crippen LogP contribution in [0, 0.1) is 5.41 Å². The fourth-order valence-corrected chi connectivity index (χ4v) is 2.02. The van der Waals surface area contributed by atoms with Crippen LogP contribution in [0.2, 0.25) is 0 Å². The summed E-state index contributed by atoms with van der Waals surface area (Å²) in [6.45, 7) is 6.75. The van der Waals surface area contributed by atoms with Crippen LogP contribution in [0.15, 0.2) is 5.16 Å². The predicted octanol–water partition coefficient (Wildman–Crippen LogP) is 0.896. The maximum absolute atomic E-state index is 10.9. The molecule has 0 amide bonds. The third-order valence-electron chi connectivity index (χ3n) is 2.88. The van der Waals surface area contributed by atoms with Gasteiger partial charge in [0.25, 0.3) is 0 Å². The Hall–Kier alpha value is -0.620. The second kappa shape index (κ2) is 7.66. The van der Waals surface area contributed by atoms with Crippen molar-refractivity contribution >= 4 is 16.6 Å². The van der Waals surface area contributed by atoms with Gasteiger partial charge in [-0.2, -0.15) is 0 Å². The van der Waals surface area contributed by atoms with Crippen LogP contribution in [0.25, 0.3) is 0 Å². The highest BCUT2D eigenvalue weighted by atomic mass is 32.2. The number of rotatable bonds is 8. The number of nitrogens with zero attached hydrogens (tertiary/aromatic N) is 1. The van der Waals surface area contributed by atoms with Crippen LogP contribution >= 0.6 is 0 Å². The maximum Gasteiger partial charge on any atom is 0.144 e. The lowest BCUT2D eigenvalue weighted by Gasteiger charge is -2.24. The summed E-state index contributed by atoms with van der Waals surface area (Å²) in [4.78, 5) is 0. The highest BCUT2D eigenvalue weighted by molar-refractivity contribution is 7.84. The van der Waals surface area contributed by atoms with Crippen LogP contribution in [0.5, 0.6) is 0 Å². The molecular weight excluding hydrogens is 238 g/mol. The number of nitrogens with two attached hydrogens (primary N) is 1. The standard InChI is InChI=1S/C11H25N3O2S/c1-9(5-8-17(4)16)13-7-6-11(2,3)10(12)14-15/h9,13,15H,5-8H2,1-4H3,(H2,12,14). The summed E-state index contributed by atoms with van der Waals surface area (Å²) in [5.74, 6) is 0.972. The molecule has 4 N–H and O–H groups in total. The summed E-state index contributed by atoms with van der Waals surface area (Å²) in [5, 5.41) is 15.0. The topological polar surface area (TPSA) is 87.7 Å². The maximum atomic E-state index is 10.9. The van der Waals surface area contributed by atoms with Gasteiger partial charge in [0.1, 0.15) is 5.84 Å². The molecule has 0 heterocycles. The second-order valence-electron chi connectivity index (χ2n) is 5.04. The van der Waals surface area contributed by atoms with Crippen molar-refractivity contribution in [1.82, 2.24) is 5.32 Å². The van der Waals surface area contributed by atoms with Crippen molar-refractivity contribution in [1.29, 1.82) is 0 Å². The largest absolute Gasteiger partial charge is 0.409 e. The molecule has 0 rings (SSSR count). The van der Waals surface area contributed by atoms with Gasteiger partial charge < -0.3 is 16.3 Å². The van der Waals surface area contributed by atoms with Gasteiger partial charge in [-0.15, -0.1) is 0 Å². The zero-order valence-electron chi connectivity index (χ0n) is 11.2. The van der Waals surface area contributed by atoms with Crippen molar-refractivity contribution < 1.29 is 9.42 Å². The molecule has 2 unspecified atom stereocenters. The molecule has 0 saturated heterocycles. The molecule has 0 aromatic rings. The molecule has 2 atom stereocenters. The molecule has 0 aliphatic carbocycles. The minimum Gasteiger partial charge on any atom is -0.409 e. The molecular formula is C11H25N3O2S. The Morgan fingerprint density at radius 1 is 1.59 bits per heavy atom. The molecule has 0 aromatic heterocycles. The highest BCUT2D eigenvalue weighted by Crippen LogP contribution is 2.19. The Labute approximate surface area is 106 Å². The van der Waals surface area contributed by atoms with Gasteiger partial charge in [-0.25, -0.2) is 0 Å². The molecule has 5 nitrogen and oxygen atoms in total. The van der Waals surface area contributed by atoms with E-state index in [4.69, 9.17) is 10.9 Å². The molecule has 0 aromatic carbocycles. The van der Waals surface area contributed by atoms with Gasteiger partial charge in [0, 0.05) is 34.3 Å². The van der Waals surface area contributed by atoms with Gasteiger partial charge in [-0.05, 0) is 26.3 Å². The number of hydrogen-bond donors (Lipinski definition) is 3. The summed E-state index contributed by atoms with van der Waals surface area (Å²) in [6.07, 6.45) is 3.41. The lowest BCUT2D eigenvalue weighted by Crippen LogP contribution is -2.37. The van der Waals surface area contributed by atoms with Crippen LogP contribution in [0.3, 0.4) is 0 Å². The fraction of sp³-hybridized carbons (Fsp3) is 0.909.